The summed E-state index contributed by atoms with van der Waals surface area (Å²) in [5.74, 6) is 1.57. The smallest absolute Gasteiger partial charge is 0.162 e. The summed E-state index contributed by atoms with van der Waals surface area (Å²) in [5, 5.41) is 14.5. The van der Waals surface area contributed by atoms with E-state index in [1.54, 1.807) is 0 Å². The van der Waals surface area contributed by atoms with E-state index >= 15 is 0 Å². The number of benzene rings is 8. The molecule has 0 saturated carbocycles. The maximum atomic E-state index is 5.53. The molecule has 0 unspecified atom stereocenters. The molecule has 0 aliphatic carbocycles. The molecule has 8 aromatic carbocycles. The van der Waals surface area contributed by atoms with Gasteiger partial charge in [0.2, 0.25) is 0 Å². The second-order valence-electron chi connectivity index (χ2n) is 14.6. The van der Waals surface area contributed by atoms with Crippen LogP contribution in [0.25, 0.3) is 115 Å². The van der Waals surface area contributed by atoms with E-state index in [0.29, 0.717) is 5.82 Å². The standard InChI is InChI=1S/C51H32N4/c1-3-4-15-35-30(2)54(51-39-19-9-11-20-42(39)52-50(53-51)34-25-24-33-23-22-31-13-5-7-16-36(31)40(33)28-34)45-29-41-38-18-10-12-21-43(38)55-44-27-26-32-14-6-8-17-37(32)47(44)48(46(35)45)49(41)55/h3-29H,1H2,2H3/b15-4-. The molecule has 0 atom stereocenters. The lowest BCUT2D eigenvalue weighted by Gasteiger charge is -2.14. The van der Waals surface area contributed by atoms with Crippen LogP contribution in [0.15, 0.2) is 164 Å². The quantitative estimate of drug-likeness (QED) is 0.135. The molecule has 12 aromatic rings. The van der Waals surface area contributed by atoms with Gasteiger partial charge in [0.05, 0.1) is 27.6 Å². The van der Waals surface area contributed by atoms with Crippen LogP contribution < -0.4 is 0 Å². The fourth-order valence-electron chi connectivity index (χ4n) is 9.39. The lowest BCUT2D eigenvalue weighted by Crippen LogP contribution is -2.04. The van der Waals surface area contributed by atoms with Gasteiger partial charge in [0.15, 0.2) is 5.82 Å². The lowest BCUT2D eigenvalue weighted by atomic mass is 9.97. The molecule has 256 valence electrons. The summed E-state index contributed by atoms with van der Waals surface area (Å²) < 4.78 is 4.86. The Bertz CT molecular complexity index is 3630. The predicted octanol–water partition coefficient (Wildman–Crippen LogP) is 13.4. The van der Waals surface area contributed by atoms with Crippen molar-refractivity contribution >= 4 is 98.3 Å². The molecule has 0 N–H and O–H groups in total. The van der Waals surface area contributed by atoms with Gasteiger partial charge in [-0.15, -0.1) is 0 Å². The minimum atomic E-state index is 0.700. The minimum Gasteiger partial charge on any atom is -0.308 e. The molecule has 0 spiro atoms. The summed E-state index contributed by atoms with van der Waals surface area (Å²) in [6, 6.07) is 52.5. The second-order valence-corrected chi connectivity index (χ2v) is 14.6. The monoisotopic (exact) mass is 700 g/mol. The van der Waals surface area contributed by atoms with Gasteiger partial charge in [0.25, 0.3) is 0 Å². The number of nitrogens with zero attached hydrogens (tertiary/aromatic N) is 4. The van der Waals surface area contributed by atoms with Gasteiger partial charge in [-0.25, -0.2) is 9.97 Å². The van der Waals surface area contributed by atoms with Gasteiger partial charge in [0.1, 0.15) is 5.82 Å². The van der Waals surface area contributed by atoms with E-state index in [2.05, 4.69) is 180 Å². The van der Waals surface area contributed by atoms with Crippen molar-refractivity contribution in [2.45, 2.75) is 6.92 Å². The Labute approximate surface area is 315 Å². The van der Waals surface area contributed by atoms with Crippen LogP contribution >= 0.6 is 0 Å². The fourth-order valence-corrected chi connectivity index (χ4v) is 9.39. The molecule has 0 radical (unpaired) electrons. The highest BCUT2D eigenvalue weighted by molar-refractivity contribution is 6.36. The minimum absolute atomic E-state index is 0.700. The van der Waals surface area contributed by atoms with Crippen LogP contribution in [-0.2, 0) is 0 Å². The molecule has 0 saturated heterocycles. The van der Waals surface area contributed by atoms with Gasteiger partial charge >= 0.3 is 0 Å². The van der Waals surface area contributed by atoms with Crippen molar-refractivity contribution in [1.29, 1.82) is 0 Å². The summed E-state index contributed by atoms with van der Waals surface area (Å²) in [4.78, 5) is 10.7. The zero-order valence-corrected chi connectivity index (χ0v) is 30.1. The van der Waals surface area contributed by atoms with E-state index in [0.717, 1.165) is 39.1 Å². The maximum Gasteiger partial charge on any atom is 0.162 e. The number of hydrogen-bond donors (Lipinski definition) is 0. The molecule has 4 nitrogen and oxygen atoms in total. The third kappa shape index (κ3) is 4.05. The number of allylic oxidation sites excluding steroid dienone is 2. The SMILES string of the molecule is C=C/C=C\c1c(C)n(-c2nc(-c3ccc4ccc5ccccc5c4c3)nc3ccccc23)c2cc3c4ccccc4n4c5ccc6ccccc6c5c(c12)c34. The average molecular weight is 701 g/mol. The fraction of sp³-hybridized carbons (Fsp3) is 0.0196. The van der Waals surface area contributed by atoms with Crippen molar-refractivity contribution in [1.82, 2.24) is 18.9 Å². The number of aromatic nitrogens is 4. The van der Waals surface area contributed by atoms with Gasteiger partial charge in [-0.2, -0.15) is 0 Å². The number of fused-ring (bicyclic) bond motifs is 14. The first-order valence-electron chi connectivity index (χ1n) is 18.8. The Hall–Kier alpha value is -7.30. The zero-order valence-electron chi connectivity index (χ0n) is 30.1. The molecule has 12 rings (SSSR count). The van der Waals surface area contributed by atoms with E-state index in [-0.39, 0.29) is 0 Å². The van der Waals surface area contributed by atoms with Gasteiger partial charge in [-0.1, -0.05) is 134 Å². The Balaban J connectivity index is 1.26. The van der Waals surface area contributed by atoms with Crippen molar-refractivity contribution in [3.63, 3.8) is 0 Å². The normalized spacial score (nSPS) is 12.5. The van der Waals surface area contributed by atoms with Crippen molar-refractivity contribution in [3.05, 3.63) is 176 Å². The highest BCUT2D eigenvalue weighted by Crippen LogP contribution is 2.48. The molecule has 0 aliphatic heterocycles. The first kappa shape index (κ1) is 30.2. The van der Waals surface area contributed by atoms with Crippen LogP contribution in [0.4, 0.5) is 0 Å². The van der Waals surface area contributed by atoms with Crippen LogP contribution in [0.1, 0.15) is 11.3 Å². The number of rotatable bonds is 4. The molecule has 55 heavy (non-hydrogen) atoms. The van der Waals surface area contributed by atoms with Gasteiger partial charge < -0.3 is 4.40 Å². The van der Waals surface area contributed by atoms with E-state index in [9.17, 15) is 0 Å². The third-order valence-corrected chi connectivity index (χ3v) is 11.8. The molecule has 4 heteroatoms. The second kappa shape index (κ2) is 11.1. The van der Waals surface area contributed by atoms with E-state index < -0.39 is 0 Å². The van der Waals surface area contributed by atoms with Crippen molar-refractivity contribution in [2.24, 2.45) is 0 Å². The summed E-state index contributed by atoms with van der Waals surface area (Å²) in [7, 11) is 0. The zero-order chi connectivity index (χ0) is 36.4. The molecule has 0 bridgehead atoms. The van der Waals surface area contributed by atoms with Crippen LogP contribution in [0.3, 0.4) is 0 Å². The van der Waals surface area contributed by atoms with E-state index in [1.165, 1.54) is 75.8 Å². The average Bonchev–Trinajstić information content (AvgIpc) is 3.86. The van der Waals surface area contributed by atoms with Crippen LogP contribution in [0.5, 0.6) is 0 Å². The topological polar surface area (TPSA) is 35.1 Å². The number of hydrogen-bond acceptors (Lipinski definition) is 2. The summed E-state index contributed by atoms with van der Waals surface area (Å²) in [6.07, 6.45) is 6.14. The maximum absolute atomic E-state index is 5.53. The molecule has 4 heterocycles. The van der Waals surface area contributed by atoms with Crippen LogP contribution in [-0.4, -0.2) is 18.9 Å². The molecular formula is C51H32N4. The molecule has 4 aromatic heterocycles. The summed E-state index contributed by atoms with van der Waals surface area (Å²) >= 11 is 0. The largest absolute Gasteiger partial charge is 0.308 e. The molecule has 0 fully saturated rings. The van der Waals surface area contributed by atoms with Gasteiger partial charge in [-0.05, 0) is 75.6 Å². The van der Waals surface area contributed by atoms with Crippen LogP contribution in [0.2, 0.25) is 0 Å². The Morgan fingerprint density at radius 2 is 1.20 bits per heavy atom. The summed E-state index contributed by atoms with van der Waals surface area (Å²) in [5.41, 5.74) is 8.96. The van der Waals surface area contributed by atoms with Crippen molar-refractivity contribution in [3.8, 4) is 17.2 Å². The third-order valence-electron chi connectivity index (χ3n) is 11.8. The van der Waals surface area contributed by atoms with Crippen molar-refractivity contribution < 1.29 is 0 Å². The molecular weight excluding hydrogens is 669 g/mol. The lowest BCUT2D eigenvalue weighted by molar-refractivity contribution is 0.996. The molecule has 0 amide bonds. The number of para-hydroxylation sites is 2. The first-order valence-corrected chi connectivity index (χ1v) is 18.8. The van der Waals surface area contributed by atoms with Crippen LogP contribution in [0, 0.1) is 6.92 Å². The Morgan fingerprint density at radius 3 is 2.04 bits per heavy atom. The highest BCUT2D eigenvalue weighted by Gasteiger charge is 2.27. The van der Waals surface area contributed by atoms with Gasteiger partial charge in [0, 0.05) is 49.1 Å². The predicted molar refractivity (Wildman–Crippen MR) is 233 cm³/mol. The Morgan fingerprint density at radius 1 is 0.527 bits per heavy atom. The first-order chi connectivity index (χ1) is 27.2. The summed E-state index contributed by atoms with van der Waals surface area (Å²) in [6.45, 7) is 6.29. The van der Waals surface area contributed by atoms with Crippen molar-refractivity contribution in [2.75, 3.05) is 0 Å². The molecule has 0 aliphatic rings. The van der Waals surface area contributed by atoms with E-state index in [1.807, 2.05) is 6.08 Å². The highest BCUT2D eigenvalue weighted by atomic mass is 15.1. The Kier molecular flexibility index (Phi) is 6.10. The van der Waals surface area contributed by atoms with E-state index in [4.69, 9.17) is 9.97 Å². The van der Waals surface area contributed by atoms with Gasteiger partial charge in [-0.3, -0.25) is 4.57 Å².